The molecule has 3 aromatic carbocycles. The number of nitrogens with one attached hydrogen (secondary N) is 2. The third kappa shape index (κ3) is 7.38. The Bertz CT molecular complexity index is 1580. The number of nitrogens with zero attached hydrogens (tertiary/aromatic N) is 3. The van der Waals surface area contributed by atoms with Crippen LogP contribution < -0.4 is 10.6 Å². The van der Waals surface area contributed by atoms with Gasteiger partial charge < -0.3 is 20.6 Å². The first-order chi connectivity index (χ1) is 20.7. The van der Waals surface area contributed by atoms with Crippen LogP contribution in [0.1, 0.15) is 60.3 Å². The lowest BCUT2D eigenvalue weighted by molar-refractivity contribution is -0.384. The van der Waals surface area contributed by atoms with Crippen molar-refractivity contribution >= 4 is 35.2 Å². The zero-order valence-electron chi connectivity index (χ0n) is 24.9. The van der Waals surface area contributed by atoms with E-state index in [1.54, 1.807) is 30.3 Å². The fourth-order valence-electron chi connectivity index (χ4n) is 5.06. The van der Waals surface area contributed by atoms with Crippen LogP contribution in [0.25, 0.3) is 0 Å². The lowest BCUT2D eigenvalue weighted by Crippen LogP contribution is -2.55. The van der Waals surface area contributed by atoms with Crippen molar-refractivity contribution in [2.45, 2.75) is 51.7 Å². The second kappa shape index (κ2) is 12.9. The lowest BCUT2D eigenvalue weighted by atomic mass is 9.86. The maximum absolute atomic E-state index is 13.9. The smallest absolute Gasteiger partial charge is 0.323 e. The zero-order chi connectivity index (χ0) is 32.2. The zero-order valence-corrected chi connectivity index (χ0v) is 24.9. The number of nitro groups is 1. The number of non-ortho nitro benzene ring substituents is 1. The Labute approximate surface area is 254 Å². The fourth-order valence-corrected chi connectivity index (χ4v) is 5.06. The van der Waals surface area contributed by atoms with E-state index >= 15 is 0 Å². The normalized spacial score (nSPS) is 15.4. The van der Waals surface area contributed by atoms with Gasteiger partial charge in [-0.15, -0.1) is 0 Å². The van der Waals surface area contributed by atoms with E-state index in [0.29, 0.717) is 11.3 Å². The van der Waals surface area contributed by atoms with E-state index in [1.165, 1.54) is 34.1 Å². The van der Waals surface area contributed by atoms with Crippen molar-refractivity contribution in [1.29, 1.82) is 0 Å². The van der Waals surface area contributed by atoms with Gasteiger partial charge in [0, 0.05) is 36.5 Å². The highest BCUT2D eigenvalue weighted by Crippen LogP contribution is 2.27. The molecular formula is C32H35N5O7. The van der Waals surface area contributed by atoms with Gasteiger partial charge in [-0.1, -0.05) is 57.2 Å². The summed E-state index contributed by atoms with van der Waals surface area (Å²) in [6.07, 6.45) is -2.01. The van der Waals surface area contributed by atoms with Crippen LogP contribution in [0.3, 0.4) is 0 Å². The van der Waals surface area contributed by atoms with Gasteiger partial charge in [0.1, 0.15) is 0 Å². The Morgan fingerprint density at radius 2 is 1.64 bits per heavy atom. The van der Waals surface area contributed by atoms with Crippen LogP contribution >= 0.6 is 0 Å². The predicted octanol–water partition coefficient (Wildman–Crippen LogP) is 4.85. The van der Waals surface area contributed by atoms with Crippen molar-refractivity contribution in [3.63, 3.8) is 0 Å². The Hall–Kier alpha value is -5.26. The van der Waals surface area contributed by atoms with E-state index in [1.807, 2.05) is 45.9 Å². The van der Waals surface area contributed by atoms with Gasteiger partial charge in [-0.25, -0.2) is 4.79 Å². The number of amides is 4. The molecule has 2 unspecified atom stereocenters. The number of carboxylic acid groups (broad SMARTS) is 1. The van der Waals surface area contributed by atoms with Gasteiger partial charge >= 0.3 is 12.0 Å². The second-order valence-corrected chi connectivity index (χ2v) is 11.7. The number of aryl methyl sites for hydroxylation is 1. The molecule has 3 N–H and O–H groups in total. The highest BCUT2D eigenvalue weighted by Gasteiger charge is 2.44. The molecule has 0 bridgehead atoms. The van der Waals surface area contributed by atoms with Crippen molar-refractivity contribution in [3.05, 3.63) is 105 Å². The van der Waals surface area contributed by atoms with Gasteiger partial charge in [0.25, 0.3) is 17.5 Å². The van der Waals surface area contributed by atoms with Gasteiger partial charge in [0.05, 0.1) is 17.4 Å². The minimum Gasteiger partial charge on any atom is -0.481 e. The Morgan fingerprint density at radius 1 is 0.977 bits per heavy atom. The van der Waals surface area contributed by atoms with E-state index in [0.717, 1.165) is 11.1 Å². The Morgan fingerprint density at radius 3 is 2.25 bits per heavy atom. The first kappa shape index (κ1) is 31.7. The Balaban J connectivity index is 1.67. The fraction of sp³-hybridized carbons (Fsp3) is 0.312. The van der Waals surface area contributed by atoms with E-state index in [4.69, 9.17) is 0 Å². The quantitative estimate of drug-likeness (QED) is 0.246. The summed E-state index contributed by atoms with van der Waals surface area (Å²) in [5.74, 6) is -2.55. The van der Waals surface area contributed by atoms with Crippen LogP contribution in [0.5, 0.6) is 0 Å². The number of hydrogen-bond donors (Lipinski definition) is 3. The number of benzene rings is 3. The van der Waals surface area contributed by atoms with Crippen LogP contribution in [0.15, 0.2) is 72.8 Å². The number of anilines is 1. The molecule has 0 aliphatic carbocycles. The van der Waals surface area contributed by atoms with Crippen LogP contribution in [0.2, 0.25) is 0 Å². The van der Waals surface area contributed by atoms with Crippen LogP contribution in [0, 0.1) is 17.0 Å². The summed E-state index contributed by atoms with van der Waals surface area (Å²) in [5.41, 5.74) is 2.50. The average Bonchev–Trinajstić information content (AvgIpc) is 3.41. The molecule has 12 nitrogen and oxygen atoms in total. The summed E-state index contributed by atoms with van der Waals surface area (Å²) in [6.45, 7) is 8.07. The van der Waals surface area contributed by atoms with Gasteiger partial charge in [0.2, 0.25) is 0 Å². The maximum atomic E-state index is 13.9. The van der Waals surface area contributed by atoms with Crippen molar-refractivity contribution in [2.24, 2.45) is 0 Å². The van der Waals surface area contributed by atoms with E-state index in [-0.39, 0.29) is 29.8 Å². The molecule has 230 valence electrons. The largest absolute Gasteiger partial charge is 0.481 e. The molecule has 4 amide bonds. The summed E-state index contributed by atoms with van der Waals surface area (Å²) < 4.78 is 0. The van der Waals surface area contributed by atoms with E-state index < -0.39 is 47.4 Å². The first-order valence-electron chi connectivity index (χ1n) is 14.1. The first-order valence-corrected chi connectivity index (χ1v) is 14.1. The van der Waals surface area contributed by atoms with Gasteiger partial charge in [-0.2, -0.15) is 0 Å². The summed E-state index contributed by atoms with van der Waals surface area (Å²) in [6, 6.07) is 17.6. The number of carbonyl (C=O) groups excluding carboxylic acids is 3. The molecule has 0 saturated carbocycles. The monoisotopic (exact) mass is 601 g/mol. The summed E-state index contributed by atoms with van der Waals surface area (Å²) in [4.78, 5) is 66.1. The highest BCUT2D eigenvalue weighted by atomic mass is 16.6. The number of nitro benzene ring substituents is 1. The van der Waals surface area contributed by atoms with Crippen LogP contribution in [0.4, 0.5) is 16.2 Å². The van der Waals surface area contributed by atoms with Crippen molar-refractivity contribution in [3.8, 4) is 0 Å². The maximum Gasteiger partial charge on any atom is 0.323 e. The van der Waals surface area contributed by atoms with E-state index in [9.17, 15) is 34.4 Å². The SMILES string of the molecule is Cc1cccc(NC(=O)N2CCN(C(=O)c3ccc(C(C)(C)C)cc3)C2C(=O)NC(CC(=O)O)c2cccc([N+](=O)[O-])c2)c1. The molecule has 44 heavy (non-hydrogen) atoms. The summed E-state index contributed by atoms with van der Waals surface area (Å²) >= 11 is 0. The molecule has 4 rings (SSSR count). The molecule has 0 aromatic heterocycles. The molecule has 1 heterocycles. The van der Waals surface area contributed by atoms with Gasteiger partial charge in [-0.3, -0.25) is 29.4 Å². The van der Waals surface area contributed by atoms with Crippen molar-refractivity contribution < 1.29 is 29.2 Å². The third-order valence-electron chi connectivity index (χ3n) is 7.37. The summed E-state index contributed by atoms with van der Waals surface area (Å²) in [7, 11) is 0. The van der Waals surface area contributed by atoms with Gasteiger partial charge in [-0.05, 0) is 53.3 Å². The van der Waals surface area contributed by atoms with Gasteiger partial charge in [0.15, 0.2) is 6.17 Å². The molecule has 2 atom stereocenters. The molecule has 0 spiro atoms. The van der Waals surface area contributed by atoms with Crippen LogP contribution in [-0.4, -0.2) is 62.9 Å². The molecule has 1 saturated heterocycles. The minimum absolute atomic E-state index is 0.0297. The topological polar surface area (TPSA) is 162 Å². The summed E-state index contributed by atoms with van der Waals surface area (Å²) in [5, 5.41) is 26.3. The number of urea groups is 1. The number of carboxylic acids is 1. The Kier molecular flexibility index (Phi) is 9.32. The number of carbonyl (C=O) groups is 4. The molecule has 3 aromatic rings. The second-order valence-electron chi connectivity index (χ2n) is 11.7. The third-order valence-corrected chi connectivity index (χ3v) is 7.37. The number of aliphatic carboxylic acids is 1. The molecule has 1 aliphatic rings. The molecular weight excluding hydrogens is 566 g/mol. The highest BCUT2D eigenvalue weighted by molar-refractivity contribution is 6.00. The molecule has 0 radical (unpaired) electrons. The van der Waals surface area contributed by atoms with E-state index in [2.05, 4.69) is 10.6 Å². The van der Waals surface area contributed by atoms with Crippen molar-refractivity contribution in [2.75, 3.05) is 18.4 Å². The molecule has 12 heteroatoms. The van der Waals surface area contributed by atoms with Crippen molar-refractivity contribution in [1.82, 2.24) is 15.1 Å². The average molecular weight is 602 g/mol. The standard InChI is InChI=1S/C32H35N5O7/c1-20-7-5-9-24(17-20)33-31(42)36-16-15-35(30(41)21-11-13-23(14-12-21)32(2,3)4)29(36)28(40)34-26(19-27(38)39)22-8-6-10-25(18-22)37(43)44/h5-14,17-18,26,29H,15-16,19H2,1-4H3,(H,33,42)(H,34,40)(H,38,39). The van der Waals surface area contributed by atoms with Crippen LogP contribution in [-0.2, 0) is 15.0 Å². The minimum atomic E-state index is -1.43. The number of hydrogen-bond acceptors (Lipinski definition) is 6. The lowest BCUT2D eigenvalue weighted by Gasteiger charge is -2.31. The number of rotatable bonds is 8. The molecule has 1 fully saturated rings. The molecule has 1 aliphatic heterocycles. The predicted molar refractivity (Wildman–Crippen MR) is 163 cm³/mol.